The van der Waals surface area contributed by atoms with Crippen molar-refractivity contribution in [3.63, 3.8) is 0 Å². The molecule has 0 atom stereocenters. The van der Waals surface area contributed by atoms with Crippen molar-refractivity contribution in [1.29, 1.82) is 0 Å². The zero-order chi connectivity index (χ0) is 13.1. The van der Waals surface area contributed by atoms with Gasteiger partial charge in [0.15, 0.2) is 5.78 Å². The van der Waals surface area contributed by atoms with Gasteiger partial charge in [0.05, 0.1) is 5.75 Å². The van der Waals surface area contributed by atoms with E-state index in [4.69, 9.17) is 0 Å². The van der Waals surface area contributed by atoms with E-state index < -0.39 is 9.84 Å². The van der Waals surface area contributed by atoms with Gasteiger partial charge in [-0.1, -0.05) is 6.07 Å². The highest BCUT2D eigenvalue weighted by Gasteiger charge is 2.07. The molecule has 6 heteroatoms. The minimum Gasteiger partial charge on any atom is -0.295 e. The van der Waals surface area contributed by atoms with Crippen LogP contribution in [0.4, 0.5) is 0 Å². The fourth-order valence-electron chi connectivity index (χ4n) is 1.14. The van der Waals surface area contributed by atoms with Crippen molar-refractivity contribution in [1.82, 2.24) is 0 Å². The van der Waals surface area contributed by atoms with Gasteiger partial charge in [-0.3, -0.25) is 4.79 Å². The minimum atomic E-state index is -2.92. The van der Waals surface area contributed by atoms with Gasteiger partial charge in [-0.25, -0.2) is 8.42 Å². The topological polar surface area (TPSA) is 51.2 Å². The Morgan fingerprint density at radius 2 is 2.06 bits per heavy atom. The predicted octanol–water partition coefficient (Wildman–Crippen LogP) is 2.79. The fourth-order valence-corrected chi connectivity index (χ4v) is 3.99. The first-order valence-electron chi connectivity index (χ1n) is 4.90. The van der Waals surface area contributed by atoms with E-state index in [0.29, 0.717) is 11.3 Å². The van der Waals surface area contributed by atoms with Crippen molar-refractivity contribution in [3.05, 3.63) is 28.2 Å². The SMILES string of the molecule is CC(=O)c1ccc(SCCS(C)(=O)=O)c(Br)c1. The minimum absolute atomic E-state index is 0.0124. The molecule has 1 aromatic rings. The summed E-state index contributed by atoms with van der Waals surface area (Å²) in [5.74, 6) is 0.675. The number of sulfone groups is 1. The number of thioether (sulfide) groups is 1. The summed E-state index contributed by atoms with van der Waals surface area (Å²) in [7, 11) is -2.92. The monoisotopic (exact) mass is 336 g/mol. The van der Waals surface area contributed by atoms with Crippen LogP contribution in [0, 0.1) is 0 Å². The van der Waals surface area contributed by atoms with E-state index in [1.165, 1.54) is 24.9 Å². The third-order valence-electron chi connectivity index (χ3n) is 2.05. The molecule has 0 amide bonds. The number of halogens is 1. The molecule has 0 saturated heterocycles. The van der Waals surface area contributed by atoms with Crippen LogP contribution in [-0.4, -0.2) is 32.0 Å². The second-order valence-electron chi connectivity index (χ2n) is 3.68. The molecule has 0 heterocycles. The number of rotatable bonds is 5. The third kappa shape index (κ3) is 5.23. The molecule has 17 heavy (non-hydrogen) atoms. The Kier molecular flexibility index (Phi) is 5.22. The zero-order valence-corrected chi connectivity index (χ0v) is 12.8. The molecule has 0 bridgehead atoms. The van der Waals surface area contributed by atoms with Crippen LogP contribution in [0.1, 0.15) is 17.3 Å². The molecule has 3 nitrogen and oxygen atoms in total. The Morgan fingerprint density at radius 3 is 2.53 bits per heavy atom. The quantitative estimate of drug-likeness (QED) is 0.612. The first-order valence-corrected chi connectivity index (χ1v) is 8.74. The van der Waals surface area contributed by atoms with Crippen molar-refractivity contribution in [2.45, 2.75) is 11.8 Å². The number of ketones is 1. The van der Waals surface area contributed by atoms with Crippen LogP contribution in [0.2, 0.25) is 0 Å². The molecule has 0 aliphatic rings. The summed E-state index contributed by atoms with van der Waals surface area (Å²) in [4.78, 5) is 12.1. The Morgan fingerprint density at radius 1 is 1.41 bits per heavy atom. The molecular weight excluding hydrogens is 324 g/mol. The van der Waals surface area contributed by atoms with Gasteiger partial charge in [-0.2, -0.15) is 0 Å². The largest absolute Gasteiger partial charge is 0.295 e. The lowest BCUT2D eigenvalue weighted by Gasteiger charge is -2.05. The molecule has 94 valence electrons. The summed E-state index contributed by atoms with van der Waals surface area (Å²) >= 11 is 4.83. The number of carbonyl (C=O) groups excluding carboxylic acids is 1. The summed E-state index contributed by atoms with van der Waals surface area (Å²) in [5.41, 5.74) is 0.643. The second kappa shape index (κ2) is 6.02. The zero-order valence-electron chi connectivity index (χ0n) is 9.57. The molecule has 0 unspecified atom stereocenters. The third-order valence-corrected chi connectivity index (χ3v) is 5.25. The summed E-state index contributed by atoms with van der Waals surface area (Å²) in [6.07, 6.45) is 1.22. The number of hydrogen-bond acceptors (Lipinski definition) is 4. The van der Waals surface area contributed by atoms with Gasteiger partial charge in [0.2, 0.25) is 0 Å². The van der Waals surface area contributed by atoms with E-state index in [2.05, 4.69) is 15.9 Å². The standard InChI is InChI=1S/C11H13BrO3S2/c1-8(13)9-3-4-11(10(12)7-9)16-5-6-17(2,14)15/h3-4,7H,5-6H2,1-2H3. The molecule has 0 radical (unpaired) electrons. The van der Waals surface area contributed by atoms with Crippen LogP contribution < -0.4 is 0 Å². The van der Waals surface area contributed by atoms with E-state index in [1.54, 1.807) is 12.1 Å². The first-order chi connectivity index (χ1) is 7.79. The summed E-state index contributed by atoms with van der Waals surface area (Å²) in [6, 6.07) is 5.33. The first kappa shape index (κ1) is 14.7. The lowest BCUT2D eigenvalue weighted by Crippen LogP contribution is -2.05. The predicted molar refractivity (Wildman–Crippen MR) is 74.6 cm³/mol. The van der Waals surface area contributed by atoms with Crippen molar-refractivity contribution in [2.75, 3.05) is 17.8 Å². The van der Waals surface area contributed by atoms with Gasteiger partial charge in [-0.05, 0) is 35.0 Å². The number of Topliss-reactive ketones (excluding diaryl/α,β-unsaturated/α-hetero) is 1. The highest BCUT2D eigenvalue weighted by atomic mass is 79.9. The van der Waals surface area contributed by atoms with E-state index in [0.717, 1.165) is 9.37 Å². The molecule has 0 saturated carbocycles. The van der Waals surface area contributed by atoms with Crippen molar-refractivity contribution >= 4 is 43.3 Å². The van der Waals surface area contributed by atoms with Crippen molar-refractivity contribution in [3.8, 4) is 0 Å². The van der Waals surface area contributed by atoms with Crippen LogP contribution in [-0.2, 0) is 9.84 Å². The number of carbonyl (C=O) groups is 1. The molecule has 1 rings (SSSR count). The summed E-state index contributed by atoms with van der Waals surface area (Å²) in [5, 5.41) is 0. The summed E-state index contributed by atoms with van der Waals surface area (Å²) in [6.45, 7) is 1.51. The molecule has 1 aromatic carbocycles. The van der Waals surface area contributed by atoms with Gasteiger partial charge in [0.25, 0.3) is 0 Å². The van der Waals surface area contributed by atoms with Gasteiger partial charge in [0.1, 0.15) is 9.84 Å². The average Bonchev–Trinajstić information content (AvgIpc) is 2.18. The van der Waals surface area contributed by atoms with Crippen LogP contribution in [0.25, 0.3) is 0 Å². The van der Waals surface area contributed by atoms with Crippen molar-refractivity contribution < 1.29 is 13.2 Å². The van der Waals surface area contributed by atoms with E-state index in [-0.39, 0.29) is 11.5 Å². The van der Waals surface area contributed by atoms with Crippen molar-refractivity contribution in [2.24, 2.45) is 0 Å². The maximum atomic E-state index is 11.1. The number of hydrogen-bond donors (Lipinski definition) is 0. The second-order valence-corrected chi connectivity index (χ2v) is 7.93. The highest BCUT2D eigenvalue weighted by molar-refractivity contribution is 9.10. The smallest absolute Gasteiger partial charge is 0.159 e. The normalized spacial score (nSPS) is 11.5. The fraction of sp³-hybridized carbons (Fsp3) is 0.364. The van der Waals surface area contributed by atoms with Gasteiger partial charge >= 0.3 is 0 Å². The molecule has 0 aliphatic carbocycles. The number of benzene rings is 1. The Bertz CT molecular complexity index is 524. The Balaban J connectivity index is 2.70. The maximum Gasteiger partial charge on any atom is 0.159 e. The summed E-state index contributed by atoms with van der Waals surface area (Å²) < 4.78 is 22.8. The highest BCUT2D eigenvalue weighted by Crippen LogP contribution is 2.28. The van der Waals surface area contributed by atoms with Crippen LogP contribution >= 0.6 is 27.7 Å². The molecule has 0 N–H and O–H groups in total. The van der Waals surface area contributed by atoms with E-state index in [9.17, 15) is 13.2 Å². The van der Waals surface area contributed by atoms with Crippen LogP contribution in [0.3, 0.4) is 0 Å². The van der Waals surface area contributed by atoms with Crippen LogP contribution in [0.5, 0.6) is 0 Å². The maximum absolute atomic E-state index is 11.1. The van der Waals surface area contributed by atoms with Gasteiger partial charge < -0.3 is 0 Å². The lowest BCUT2D eigenvalue weighted by molar-refractivity contribution is 0.101. The molecule has 0 spiro atoms. The molecular formula is C11H13BrO3S2. The molecule has 0 aromatic heterocycles. The van der Waals surface area contributed by atoms with Gasteiger partial charge in [0, 0.05) is 26.9 Å². The molecule has 0 aliphatic heterocycles. The van der Waals surface area contributed by atoms with E-state index >= 15 is 0 Å². The Hall–Kier alpha value is -0.330. The average molecular weight is 337 g/mol. The Labute approximate surface area is 114 Å². The van der Waals surface area contributed by atoms with E-state index in [1.807, 2.05) is 6.07 Å². The lowest BCUT2D eigenvalue weighted by atomic mass is 10.2. The molecule has 0 fully saturated rings. The van der Waals surface area contributed by atoms with Crippen LogP contribution in [0.15, 0.2) is 27.6 Å². The van der Waals surface area contributed by atoms with Gasteiger partial charge in [-0.15, -0.1) is 11.8 Å².